The summed E-state index contributed by atoms with van der Waals surface area (Å²) >= 11 is 0. The Morgan fingerprint density at radius 3 is 2.61 bits per heavy atom. The van der Waals surface area contributed by atoms with Crippen LogP contribution in [0.3, 0.4) is 0 Å². The maximum Gasteiger partial charge on any atom is 0.195 e. The minimum atomic E-state index is -3.40. The fraction of sp³-hybridized carbons (Fsp3) is 0.154. The summed E-state index contributed by atoms with van der Waals surface area (Å²) in [6.07, 6.45) is 4.93. The molecule has 0 spiro atoms. The Morgan fingerprint density at radius 2 is 1.92 bits per heavy atom. The van der Waals surface area contributed by atoms with Gasteiger partial charge in [0.2, 0.25) is 0 Å². The third-order valence-corrected chi connectivity index (χ3v) is 7.36. The van der Waals surface area contributed by atoms with Gasteiger partial charge in [0.1, 0.15) is 17.2 Å². The number of carbonyl (C=O) groups excluding carboxylic acids is 1. The zero-order valence-corrected chi connectivity index (χ0v) is 20.5. The van der Waals surface area contributed by atoms with Gasteiger partial charge in [0.15, 0.2) is 26.5 Å². The van der Waals surface area contributed by atoms with Crippen molar-refractivity contribution in [2.45, 2.75) is 25.4 Å². The molecule has 0 aliphatic carbocycles. The van der Waals surface area contributed by atoms with Gasteiger partial charge >= 0.3 is 0 Å². The predicted octanol–water partition coefficient (Wildman–Crippen LogP) is 4.66. The van der Waals surface area contributed by atoms with Crippen molar-refractivity contribution in [1.82, 2.24) is 24.5 Å². The third kappa shape index (κ3) is 4.63. The van der Waals surface area contributed by atoms with Crippen molar-refractivity contribution in [1.29, 1.82) is 0 Å². The highest BCUT2D eigenvalue weighted by atomic mass is 32.2. The number of sulfone groups is 1. The van der Waals surface area contributed by atoms with Gasteiger partial charge in [0.05, 0.1) is 35.2 Å². The van der Waals surface area contributed by atoms with Gasteiger partial charge in [-0.15, -0.1) is 0 Å². The second-order valence-electron chi connectivity index (χ2n) is 8.19. The first-order valence-electron chi connectivity index (χ1n) is 11.3. The van der Waals surface area contributed by atoms with Crippen LogP contribution in [-0.4, -0.2) is 44.5 Å². The topological polar surface area (TPSA) is 120 Å². The first kappa shape index (κ1) is 23.4. The molecule has 182 valence electrons. The number of aromatic amines is 1. The maximum absolute atomic E-state index is 12.1. The van der Waals surface area contributed by atoms with Crippen LogP contribution in [0.2, 0.25) is 0 Å². The predicted molar refractivity (Wildman–Crippen MR) is 135 cm³/mol. The summed E-state index contributed by atoms with van der Waals surface area (Å²) in [5, 5.41) is 0.00596. The van der Waals surface area contributed by atoms with Crippen molar-refractivity contribution in [2.24, 2.45) is 0 Å². The van der Waals surface area contributed by atoms with E-state index in [9.17, 15) is 13.2 Å². The Morgan fingerprint density at radius 1 is 1.06 bits per heavy atom. The number of H-pyrrole nitrogens is 1. The molecule has 0 aliphatic heterocycles. The van der Waals surface area contributed by atoms with E-state index in [1.165, 1.54) is 19.2 Å². The van der Waals surface area contributed by atoms with Gasteiger partial charge in [-0.3, -0.25) is 9.78 Å². The van der Waals surface area contributed by atoms with E-state index in [4.69, 9.17) is 9.72 Å². The number of aromatic nitrogens is 5. The highest BCUT2D eigenvalue weighted by Gasteiger charge is 2.16. The summed E-state index contributed by atoms with van der Waals surface area (Å²) in [5.41, 5.74) is 3.58. The van der Waals surface area contributed by atoms with Crippen LogP contribution in [0.15, 0.2) is 78.2 Å². The van der Waals surface area contributed by atoms with Crippen LogP contribution >= 0.6 is 0 Å². The number of hydrogen-bond donors (Lipinski definition) is 1. The number of nitrogens with zero attached hydrogens (tertiary/aromatic N) is 4. The van der Waals surface area contributed by atoms with Crippen molar-refractivity contribution in [2.75, 3.05) is 5.75 Å². The second kappa shape index (κ2) is 9.38. The van der Waals surface area contributed by atoms with E-state index in [2.05, 4.69) is 15.0 Å². The molecule has 0 radical (unpaired) electrons. The minimum absolute atomic E-state index is 0.00596. The van der Waals surface area contributed by atoms with Crippen LogP contribution in [-0.2, 0) is 16.4 Å². The average Bonchev–Trinajstić information content (AvgIpc) is 3.52. The van der Waals surface area contributed by atoms with Gasteiger partial charge in [0, 0.05) is 30.9 Å². The zero-order valence-electron chi connectivity index (χ0n) is 19.7. The maximum atomic E-state index is 12.1. The second-order valence-corrected chi connectivity index (χ2v) is 10.4. The van der Waals surface area contributed by atoms with E-state index in [1.54, 1.807) is 25.3 Å². The Kier molecular flexibility index (Phi) is 6.11. The molecule has 0 unspecified atom stereocenters. The van der Waals surface area contributed by atoms with Crippen molar-refractivity contribution >= 4 is 26.7 Å². The van der Waals surface area contributed by atoms with Crippen molar-refractivity contribution in [3.05, 3.63) is 84.4 Å². The van der Waals surface area contributed by atoms with Crippen LogP contribution in [0.4, 0.5) is 0 Å². The molecule has 0 aliphatic rings. The van der Waals surface area contributed by atoms with E-state index in [0.29, 0.717) is 35.3 Å². The molecule has 0 atom stereocenters. The summed E-state index contributed by atoms with van der Waals surface area (Å²) in [6, 6.07) is 15.9. The number of benzene rings is 1. The molecule has 5 aromatic rings. The standard InChI is InChI=1S/C26H23N5O4S/c1-3-36(33,34)24-10-9-19(15-28-24)35-20-13-18(16-31-12-6-8-23(31)17(2)32)25-22(14-20)29-26(30-25)21-7-4-5-11-27-21/h4-15H,3,16H2,1-2H3,(H,29,30). The van der Waals surface area contributed by atoms with Gasteiger partial charge in [-0.25, -0.2) is 18.4 Å². The summed E-state index contributed by atoms with van der Waals surface area (Å²) in [5.74, 6) is 1.45. The lowest BCUT2D eigenvalue weighted by molar-refractivity contribution is 0.100. The number of rotatable bonds is 8. The molecular formula is C26H23N5O4S. The van der Waals surface area contributed by atoms with Gasteiger partial charge in [-0.2, -0.15) is 0 Å². The molecule has 5 rings (SSSR count). The molecule has 0 fully saturated rings. The summed E-state index contributed by atoms with van der Waals surface area (Å²) in [7, 11) is -3.40. The molecular weight excluding hydrogens is 478 g/mol. The molecule has 0 bridgehead atoms. The Balaban J connectivity index is 1.56. The van der Waals surface area contributed by atoms with Gasteiger partial charge < -0.3 is 14.3 Å². The lowest BCUT2D eigenvalue weighted by Gasteiger charge is -2.11. The monoisotopic (exact) mass is 501 g/mol. The van der Waals surface area contributed by atoms with Crippen LogP contribution in [0.25, 0.3) is 22.6 Å². The molecule has 4 heterocycles. The number of ketones is 1. The number of hydrogen-bond acceptors (Lipinski definition) is 7. The number of pyridine rings is 2. The molecule has 10 heteroatoms. The molecule has 4 aromatic heterocycles. The highest BCUT2D eigenvalue weighted by Crippen LogP contribution is 2.30. The van der Waals surface area contributed by atoms with Crippen molar-refractivity contribution in [3.63, 3.8) is 0 Å². The molecule has 0 saturated carbocycles. The van der Waals surface area contributed by atoms with E-state index in [-0.39, 0.29) is 16.6 Å². The van der Waals surface area contributed by atoms with Gasteiger partial charge in [0.25, 0.3) is 0 Å². The molecule has 36 heavy (non-hydrogen) atoms. The van der Waals surface area contributed by atoms with E-state index < -0.39 is 9.84 Å². The molecule has 0 saturated heterocycles. The summed E-state index contributed by atoms with van der Waals surface area (Å²) < 4.78 is 32.0. The van der Waals surface area contributed by atoms with E-state index >= 15 is 0 Å². The van der Waals surface area contributed by atoms with Gasteiger partial charge in [-0.1, -0.05) is 13.0 Å². The highest BCUT2D eigenvalue weighted by molar-refractivity contribution is 7.91. The largest absolute Gasteiger partial charge is 0.456 e. The van der Waals surface area contributed by atoms with Crippen molar-refractivity contribution < 1.29 is 17.9 Å². The lowest BCUT2D eigenvalue weighted by atomic mass is 10.1. The van der Waals surface area contributed by atoms with Crippen LogP contribution < -0.4 is 4.74 Å². The minimum Gasteiger partial charge on any atom is -0.456 e. The number of Topliss-reactive ketones (excluding diaryl/α,β-unsaturated/α-hetero) is 1. The lowest BCUT2D eigenvalue weighted by Crippen LogP contribution is -2.07. The number of carbonyl (C=O) groups is 1. The quantitative estimate of drug-likeness (QED) is 0.307. The molecule has 9 nitrogen and oxygen atoms in total. The SMILES string of the molecule is CCS(=O)(=O)c1ccc(Oc2cc(Cn3cccc3C(C)=O)c3nc(-c4ccccn4)[nH]c3c2)cn1. The number of imidazole rings is 1. The Labute approximate surface area is 207 Å². The third-order valence-electron chi connectivity index (χ3n) is 5.72. The van der Waals surface area contributed by atoms with Crippen LogP contribution in [0.5, 0.6) is 11.5 Å². The molecule has 1 aromatic carbocycles. The number of nitrogens with one attached hydrogen (secondary N) is 1. The molecule has 1 N–H and O–H groups in total. The Bertz CT molecular complexity index is 1660. The zero-order chi connectivity index (χ0) is 25.3. The van der Waals surface area contributed by atoms with Crippen LogP contribution in [0.1, 0.15) is 29.9 Å². The number of fused-ring (bicyclic) bond motifs is 1. The normalized spacial score (nSPS) is 11.6. The summed E-state index contributed by atoms with van der Waals surface area (Å²) in [6.45, 7) is 3.50. The summed E-state index contributed by atoms with van der Waals surface area (Å²) in [4.78, 5) is 28.6. The van der Waals surface area contributed by atoms with Crippen LogP contribution in [0, 0.1) is 0 Å². The first-order valence-corrected chi connectivity index (χ1v) is 13.0. The van der Waals surface area contributed by atoms with Gasteiger partial charge in [-0.05, 0) is 42.5 Å². The van der Waals surface area contributed by atoms with E-state index in [0.717, 1.165) is 16.6 Å². The fourth-order valence-electron chi connectivity index (χ4n) is 3.91. The number of ether oxygens (including phenoxy) is 1. The first-order chi connectivity index (χ1) is 17.3. The fourth-order valence-corrected chi connectivity index (χ4v) is 4.70. The Hall–Kier alpha value is -4.31. The average molecular weight is 502 g/mol. The smallest absolute Gasteiger partial charge is 0.195 e. The van der Waals surface area contributed by atoms with Crippen molar-refractivity contribution in [3.8, 4) is 23.0 Å². The molecule has 0 amide bonds. The van der Waals surface area contributed by atoms with E-state index in [1.807, 2.05) is 47.2 Å².